The molecule has 4 nitrogen and oxygen atoms in total. The molecule has 1 aromatic carbocycles. The van der Waals surface area contributed by atoms with Gasteiger partial charge in [-0.2, -0.15) is 0 Å². The third-order valence-corrected chi connectivity index (χ3v) is 3.77. The number of piperidine rings is 1. The van der Waals surface area contributed by atoms with Gasteiger partial charge in [-0.25, -0.2) is 0 Å². The van der Waals surface area contributed by atoms with Crippen molar-refractivity contribution in [2.24, 2.45) is 5.92 Å². The summed E-state index contributed by atoms with van der Waals surface area (Å²) in [5.41, 5.74) is 1.70. The topological polar surface area (TPSA) is 50.4 Å². The second-order valence-electron chi connectivity index (χ2n) is 5.23. The van der Waals surface area contributed by atoms with Crippen molar-refractivity contribution < 1.29 is 9.53 Å². The number of benzene rings is 1. The lowest BCUT2D eigenvalue weighted by molar-refractivity contribution is 0.0914. The molecule has 20 heavy (non-hydrogen) atoms. The van der Waals surface area contributed by atoms with Crippen molar-refractivity contribution in [1.29, 1.82) is 0 Å². The van der Waals surface area contributed by atoms with E-state index in [4.69, 9.17) is 4.74 Å². The molecule has 2 unspecified atom stereocenters. The van der Waals surface area contributed by atoms with Crippen LogP contribution >= 0.6 is 12.4 Å². The molecule has 2 atom stereocenters. The molecule has 0 saturated carbocycles. The standard InChI is InChI=1S/C15H22N2O2.ClH/c1-10-4-5-12(8-14(10)19-3)15(18)17-13-6-7-16-9-11(13)2;/h4-5,8,11,13,16H,6-7,9H2,1-3H3,(H,17,18);1H. The number of rotatable bonds is 3. The Labute approximate surface area is 126 Å². The van der Waals surface area contributed by atoms with E-state index in [2.05, 4.69) is 17.6 Å². The van der Waals surface area contributed by atoms with Gasteiger partial charge in [-0.05, 0) is 50.0 Å². The highest BCUT2D eigenvalue weighted by Gasteiger charge is 2.23. The smallest absolute Gasteiger partial charge is 0.251 e. The van der Waals surface area contributed by atoms with Crippen LogP contribution in [0, 0.1) is 12.8 Å². The Hall–Kier alpha value is -1.26. The van der Waals surface area contributed by atoms with Crippen LogP contribution in [0.2, 0.25) is 0 Å². The molecule has 1 fully saturated rings. The largest absolute Gasteiger partial charge is 0.496 e. The van der Waals surface area contributed by atoms with E-state index < -0.39 is 0 Å². The van der Waals surface area contributed by atoms with Crippen LogP contribution in [-0.2, 0) is 0 Å². The number of nitrogens with one attached hydrogen (secondary N) is 2. The highest BCUT2D eigenvalue weighted by molar-refractivity contribution is 5.95. The molecule has 2 N–H and O–H groups in total. The number of aryl methyl sites for hydroxylation is 1. The first-order chi connectivity index (χ1) is 9.11. The first kappa shape index (κ1) is 16.8. The molecular weight excluding hydrogens is 276 g/mol. The van der Waals surface area contributed by atoms with Crippen molar-refractivity contribution in [3.8, 4) is 5.75 Å². The molecular formula is C15H23ClN2O2. The van der Waals surface area contributed by atoms with Crippen molar-refractivity contribution in [2.45, 2.75) is 26.3 Å². The van der Waals surface area contributed by atoms with Gasteiger partial charge in [0.05, 0.1) is 7.11 Å². The Morgan fingerprint density at radius 1 is 1.45 bits per heavy atom. The Morgan fingerprint density at radius 3 is 2.85 bits per heavy atom. The average Bonchev–Trinajstić information content (AvgIpc) is 2.42. The van der Waals surface area contributed by atoms with Crippen LogP contribution in [-0.4, -0.2) is 32.1 Å². The van der Waals surface area contributed by atoms with Gasteiger partial charge in [0.15, 0.2) is 0 Å². The van der Waals surface area contributed by atoms with Crippen LogP contribution in [0.15, 0.2) is 18.2 Å². The second-order valence-corrected chi connectivity index (χ2v) is 5.23. The summed E-state index contributed by atoms with van der Waals surface area (Å²) in [6.45, 7) is 6.05. The highest BCUT2D eigenvalue weighted by Crippen LogP contribution is 2.19. The van der Waals surface area contributed by atoms with Gasteiger partial charge in [-0.15, -0.1) is 12.4 Å². The van der Waals surface area contributed by atoms with Gasteiger partial charge >= 0.3 is 0 Å². The van der Waals surface area contributed by atoms with Crippen LogP contribution in [0.1, 0.15) is 29.3 Å². The monoisotopic (exact) mass is 298 g/mol. The minimum atomic E-state index is -0.0166. The van der Waals surface area contributed by atoms with Gasteiger partial charge in [0.2, 0.25) is 0 Å². The zero-order valence-electron chi connectivity index (χ0n) is 12.2. The van der Waals surface area contributed by atoms with Gasteiger partial charge in [-0.3, -0.25) is 4.79 Å². The number of hydrogen-bond acceptors (Lipinski definition) is 3. The number of halogens is 1. The van der Waals surface area contributed by atoms with Crippen molar-refractivity contribution in [2.75, 3.05) is 20.2 Å². The number of methoxy groups -OCH3 is 1. The van der Waals surface area contributed by atoms with Crippen molar-refractivity contribution >= 4 is 18.3 Å². The molecule has 0 radical (unpaired) electrons. The van der Waals surface area contributed by atoms with Gasteiger partial charge < -0.3 is 15.4 Å². The minimum absolute atomic E-state index is 0. The first-order valence-electron chi connectivity index (χ1n) is 6.78. The van der Waals surface area contributed by atoms with E-state index in [9.17, 15) is 4.79 Å². The molecule has 0 bridgehead atoms. The maximum absolute atomic E-state index is 12.3. The van der Waals surface area contributed by atoms with E-state index in [0.29, 0.717) is 11.5 Å². The molecule has 0 aromatic heterocycles. The van der Waals surface area contributed by atoms with Crippen LogP contribution in [0.3, 0.4) is 0 Å². The van der Waals surface area contributed by atoms with Crippen molar-refractivity contribution in [3.63, 3.8) is 0 Å². The first-order valence-corrected chi connectivity index (χ1v) is 6.78. The lowest BCUT2D eigenvalue weighted by Crippen LogP contribution is -2.48. The van der Waals surface area contributed by atoms with E-state index in [1.54, 1.807) is 13.2 Å². The fraction of sp³-hybridized carbons (Fsp3) is 0.533. The second kappa shape index (κ2) is 7.50. The van der Waals surface area contributed by atoms with E-state index in [-0.39, 0.29) is 24.4 Å². The number of ether oxygens (including phenoxy) is 1. The molecule has 1 aliphatic rings. The number of carbonyl (C=O) groups excluding carboxylic acids is 1. The van der Waals surface area contributed by atoms with E-state index >= 15 is 0 Å². The zero-order valence-corrected chi connectivity index (χ0v) is 13.0. The number of hydrogen-bond donors (Lipinski definition) is 2. The van der Waals surface area contributed by atoms with Crippen molar-refractivity contribution in [1.82, 2.24) is 10.6 Å². The summed E-state index contributed by atoms with van der Waals surface area (Å²) in [6.07, 6.45) is 0.982. The zero-order chi connectivity index (χ0) is 13.8. The fourth-order valence-corrected chi connectivity index (χ4v) is 2.44. The van der Waals surface area contributed by atoms with E-state index in [1.165, 1.54) is 0 Å². The molecule has 0 aliphatic carbocycles. The predicted octanol–water partition coefficient (Wildman–Crippen LogP) is 2.15. The Kier molecular flexibility index (Phi) is 6.30. The third kappa shape index (κ3) is 3.87. The highest BCUT2D eigenvalue weighted by atomic mass is 35.5. The Bertz CT molecular complexity index is 465. The van der Waals surface area contributed by atoms with Gasteiger partial charge in [0.25, 0.3) is 5.91 Å². The molecule has 0 spiro atoms. The summed E-state index contributed by atoms with van der Waals surface area (Å²) in [4.78, 5) is 12.3. The molecule has 1 heterocycles. The number of amides is 1. The quantitative estimate of drug-likeness (QED) is 0.899. The lowest BCUT2D eigenvalue weighted by atomic mass is 9.95. The lowest BCUT2D eigenvalue weighted by Gasteiger charge is -2.30. The van der Waals surface area contributed by atoms with Crippen LogP contribution < -0.4 is 15.4 Å². The molecule has 1 aliphatic heterocycles. The molecule has 5 heteroatoms. The molecule has 2 rings (SSSR count). The maximum atomic E-state index is 12.3. The molecule has 1 amide bonds. The normalized spacial score (nSPS) is 21.8. The summed E-state index contributed by atoms with van der Waals surface area (Å²) in [5.74, 6) is 1.20. The Balaban J connectivity index is 0.00000200. The van der Waals surface area contributed by atoms with Gasteiger partial charge in [-0.1, -0.05) is 13.0 Å². The minimum Gasteiger partial charge on any atom is -0.496 e. The van der Waals surface area contributed by atoms with Gasteiger partial charge in [0, 0.05) is 11.6 Å². The number of carbonyl (C=O) groups is 1. The summed E-state index contributed by atoms with van der Waals surface area (Å²) in [7, 11) is 1.62. The predicted molar refractivity (Wildman–Crippen MR) is 82.9 cm³/mol. The maximum Gasteiger partial charge on any atom is 0.251 e. The Morgan fingerprint density at radius 2 is 2.20 bits per heavy atom. The third-order valence-electron chi connectivity index (χ3n) is 3.77. The van der Waals surface area contributed by atoms with E-state index in [1.807, 2.05) is 19.1 Å². The van der Waals surface area contributed by atoms with E-state index in [0.717, 1.165) is 30.8 Å². The summed E-state index contributed by atoms with van der Waals surface area (Å²) >= 11 is 0. The molecule has 1 aromatic rings. The summed E-state index contributed by atoms with van der Waals surface area (Å²) in [5, 5.41) is 6.45. The van der Waals surface area contributed by atoms with Crippen LogP contribution in [0.4, 0.5) is 0 Å². The van der Waals surface area contributed by atoms with Crippen LogP contribution in [0.25, 0.3) is 0 Å². The van der Waals surface area contributed by atoms with Crippen LogP contribution in [0.5, 0.6) is 5.75 Å². The fourth-order valence-electron chi connectivity index (χ4n) is 2.44. The van der Waals surface area contributed by atoms with Crippen molar-refractivity contribution in [3.05, 3.63) is 29.3 Å². The molecule has 112 valence electrons. The summed E-state index contributed by atoms with van der Waals surface area (Å²) < 4.78 is 5.26. The average molecular weight is 299 g/mol. The summed E-state index contributed by atoms with van der Waals surface area (Å²) in [6, 6.07) is 5.82. The molecule has 1 saturated heterocycles. The SMILES string of the molecule is COc1cc(C(=O)NC2CCNCC2C)ccc1C.Cl. The van der Waals surface area contributed by atoms with Gasteiger partial charge in [0.1, 0.15) is 5.75 Å².